The van der Waals surface area contributed by atoms with E-state index < -0.39 is 33.3 Å². The van der Waals surface area contributed by atoms with Crippen LogP contribution in [0.15, 0.2) is 95.6 Å². The van der Waals surface area contributed by atoms with Crippen molar-refractivity contribution in [2.24, 2.45) is 5.41 Å². The molecule has 8 rings (SSSR count). The average molecular weight is 904 g/mol. The number of fused-ring (bicyclic) bond motifs is 3. The van der Waals surface area contributed by atoms with Crippen LogP contribution in [0.25, 0.3) is 55.7 Å². The third-order valence-corrected chi connectivity index (χ3v) is 10.0. The number of hydrogen-bond acceptors (Lipinski definition) is 4. The first-order valence-corrected chi connectivity index (χ1v) is 17.8. The van der Waals surface area contributed by atoms with Gasteiger partial charge in [-0.3, -0.25) is 0 Å². The van der Waals surface area contributed by atoms with Gasteiger partial charge < -0.3 is 14.4 Å². The predicted molar refractivity (Wildman–Crippen MR) is 220 cm³/mol. The molecule has 0 aliphatic heterocycles. The van der Waals surface area contributed by atoms with E-state index in [1.807, 2.05) is 18.3 Å². The van der Waals surface area contributed by atoms with Gasteiger partial charge in [0.1, 0.15) is 0 Å². The predicted octanol–water partition coefficient (Wildman–Crippen LogP) is 13.3. The van der Waals surface area contributed by atoms with Crippen molar-refractivity contribution in [1.82, 2.24) is 15.0 Å². The minimum absolute atomic E-state index is 0. The number of nitrogens with zero attached hydrogens (tertiary/aromatic N) is 3. The summed E-state index contributed by atoms with van der Waals surface area (Å²) in [5, 5.41) is 1.17. The van der Waals surface area contributed by atoms with Crippen molar-refractivity contribution in [3.8, 4) is 33.6 Å². The van der Waals surface area contributed by atoms with Crippen LogP contribution in [0.1, 0.15) is 119 Å². The van der Waals surface area contributed by atoms with Crippen LogP contribution in [0, 0.1) is 45.0 Å². The molecule has 0 N–H and O–H groups in total. The average Bonchev–Trinajstić information content (AvgIpc) is 3.61. The second kappa shape index (κ2) is 15.7. The van der Waals surface area contributed by atoms with Crippen LogP contribution >= 0.6 is 0 Å². The topological polar surface area (TPSA) is 51.8 Å². The third-order valence-electron chi connectivity index (χ3n) is 10.0. The zero-order valence-electron chi connectivity index (χ0n) is 45.0. The van der Waals surface area contributed by atoms with Crippen molar-refractivity contribution >= 4 is 22.1 Å². The van der Waals surface area contributed by atoms with Gasteiger partial charge in [-0.15, -0.1) is 53.6 Å². The second-order valence-corrected chi connectivity index (χ2v) is 15.5. The molecule has 1 saturated carbocycles. The van der Waals surface area contributed by atoms with Gasteiger partial charge in [0.25, 0.3) is 0 Å². The fourth-order valence-electron chi connectivity index (χ4n) is 6.63. The van der Waals surface area contributed by atoms with E-state index in [9.17, 15) is 1.37 Å². The van der Waals surface area contributed by atoms with Crippen molar-refractivity contribution < 1.29 is 43.7 Å². The van der Waals surface area contributed by atoms with Crippen LogP contribution in [0.4, 0.5) is 0 Å². The van der Waals surface area contributed by atoms with Crippen LogP contribution in [0.3, 0.4) is 0 Å². The van der Waals surface area contributed by atoms with Gasteiger partial charge in [-0.25, -0.2) is 4.98 Å². The molecule has 0 saturated heterocycles. The Balaban J connectivity index is 0.000000304. The Hall–Kier alpha value is -4.44. The maximum atomic E-state index is 9.25. The molecule has 3 aromatic carbocycles. The molecule has 4 aromatic heterocycles. The van der Waals surface area contributed by atoms with E-state index >= 15 is 0 Å². The summed E-state index contributed by atoms with van der Waals surface area (Å²) >= 11 is 0. The van der Waals surface area contributed by atoms with E-state index in [0.29, 0.717) is 40.3 Å². The molecule has 1 aliphatic carbocycles. The van der Waals surface area contributed by atoms with Crippen molar-refractivity contribution in [3.05, 3.63) is 137 Å². The molecule has 0 unspecified atom stereocenters. The molecule has 0 amide bonds. The van der Waals surface area contributed by atoms with Gasteiger partial charge in [0.15, 0.2) is 0 Å². The third kappa shape index (κ3) is 8.43. The molecule has 4 nitrogen and oxygen atoms in total. The first kappa shape index (κ1) is 24.9. The van der Waals surface area contributed by atoms with Gasteiger partial charge in [-0.05, 0) is 120 Å². The molecule has 7 aromatic rings. The molecule has 0 spiro atoms. The quantitative estimate of drug-likeness (QED) is 0.165. The van der Waals surface area contributed by atoms with E-state index in [0.717, 1.165) is 30.3 Å². The normalized spacial score (nSPS) is 19.7. The van der Waals surface area contributed by atoms with Crippen LogP contribution < -0.4 is 0 Å². The summed E-state index contributed by atoms with van der Waals surface area (Å²) in [6, 6.07) is 25.5. The van der Waals surface area contributed by atoms with Crippen molar-refractivity contribution in [1.29, 1.82) is 0 Å². The van der Waals surface area contributed by atoms with Gasteiger partial charge in [0.05, 0.1) is 6.95 Å². The number of benzene rings is 3. The number of aromatic nitrogens is 3. The van der Waals surface area contributed by atoms with Crippen LogP contribution in [0.5, 0.6) is 0 Å². The Kier molecular flexibility index (Phi) is 7.24. The second-order valence-electron chi connectivity index (χ2n) is 15.5. The summed E-state index contributed by atoms with van der Waals surface area (Å²) in [6.45, 7) is 0.754. The van der Waals surface area contributed by atoms with Gasteiger partial charge in [-0.2, -0.15) is 0 Å². The SMILES string of the molecule is [2H]C([2H])([2H])c1c[c-]c(-c2ccc(C(C)(C)C)cn2)cc1.[2H]c1cc(C2([2H])CCC(C)(C)CC2)cc(C([2H])([2H])[2H])c1-c1cc(-c2[c-]ccc3c2oc2nc(C([2H])([2H])[2H])ccc23)ncc1C([2H])([2H])[2H].[Ir]. The first-order chi connectivity index (χ1) is 30.9. The molecular weight excluding hydrogens is 839 g/mol. The molecule has 4 heterocycles. The van der Waals surface area contributed by atoms with Crippen molar-refractivity contribution in [2.45, 2.75) is 99.0 Å². The fourth-order valence-corrected chi connectivity index (χ4v) is 6.63. The van der Waals surface area contributed by atoms with Gasteiger partial charge in [0, 0.05) is 61.4 Å². The fraction of sp³-hybridized carbons (Fsp3) is 0.327. The summed E-state index contributed by atoms with van der Waals surface area (Å²) in [5.74, 6) is -1.07. The van der Waals surface area contributed by atoms with Gasteiger partial charge in [0.2, 0.25) is 5.71 Å². The van der Waals surface area contributed by atoms with Crippen molar-refractivity contribution in [3.63, 3.8) is 0 Å². The number of rotatable bonds is 4. The molecular formula is C49H51IrN3O-2. The van der Waals surface area contributed by atoms with Crippen LogP contribution in [-0.4, -0.2) is 15.0 Å². The molecule has 279 valence electrons. The van der Waals surface area contributed by atoms with E-state index in [2.05, 4.69) is 61.7 Å². The molecule has 5 heteroatoms. The Labute approximate surface area is 354 Å². The standard InChI is InChI=1S/C33H33N2O.C16H18N.Ir/c1-20-17-24(23-13-15-33(4,5)16-14-23)10-12-25(20)29-18-30(34-19-21(29)2)28-8-6-7-26-27-11-9-22(3)35-32(27)36-31(26)28;1-12-5-7-13(8-6-12)15-10-9-14(11-17-15)16(2,3)4;/h6-7,9-12,17-19,23H,13-16H2,1-5H3;5-7,9-11H,1-4H3;/q2*-1;/i1D3,2D3,3D3,12D,23D;1D3;. The van der Waals surface area contributed by atoms with E-state index in [1.54, 1.807) is 30.3 Å². The maximum absolute atomic E-state index is 9.25. The van der Waals surface area contributed by atoms with Gasteiger partial charge >= 0.3 is 0 Å². The molecule has 0 atom stereocenters. The van der Waals surface area contributed by atoms with Crippen molar-refractivity contribution in [2.75, 3.05) is 0 Å². The number of pyridine rings is 3. The van der Waals surface area contributed by atoms with E-state index in [4.69, 9.17) is 22.2 Å². The zero-order chi connectivity index (χ0) is 49.3. The summed E-state index contributed by atoms with van der Waals surface area (Å²) in [4.78, 5) is 13.1. The molecule has 1 radical (unpaired) electrons. The number of aryl methyl sites for hydroxylation is 4. The number of hydrogen-bond donors (Lipinski definition) is 0. The Morgan fingerprint density at radius 1 is 0.833 bits per heavy atom. The monoisotopic (exact) mass is 904 g/mol. The molecule has 54 heavy (non-hydrogen) atoms. The first-order valence-electron chi connectivity index (χ1n) is 24.8. The Morgan fingerprint density at radius 3 is 2.33 bits per heavy atom. The van der Waals surface area contributed by atoms with Crippen LogP contribution in [-0.2, 0) is 25.5 Å². The number of furan rings is 1. The minimum atomic E-state index is -2.72. The largest absolute Gasteiger partial charge is 0.486 e. The summed E-state index contributed by atoms with van der Waals surface area (Å²) in [6.07, 6.45) is 5.61. The summed E-state index contributed by atoms with van der Waals surface area (Å²) in [5.41, 5.74) is 3.93. The summed E-state index contributed by atoms with van der Waals surface area (Å²) < 4.78 is 120. The Bertz CT molecular complexity index is 2880. The van der Waals surface area contributed by atoms with Crippen LogP contribution in [0.2, 0.25) is 0 Å². The van der Waals surface area contributed by atoms with Gasteiger partial charge in [-0.1, -0.05) is 88.8 Å². The summed E-state index contributed by atoms with van der Waals surface area (Å²) in [7, 11) is 0. The van der Waals surface area contributed by atoms with E-state index in [-0.39, 0.29) is 81.9 Å². The molecule has 0 bridgehead atoms. The molecule has 1 aliphatic rings. The Morgan fingerprint density at radius 2 is 1.65 bits per heavy atom. The smallest absolute Gasteiger partial charge is 0.216 e. The maximum Gasteiger partial charge on any atom is 0.216 e. The van der Waals surface area contributed by atoms with E-state index in [1.165, 1.54) is 35.9 Å². The minimum Gasteiger partial charge on any atom is -0.486 e. The zero-order valence-corrected chi connectivity index (χ0v) is 33.4. The molecule has 1 fully saturated rings.